The summed E-state index contributed by atoms with van der Waals surface area (Å²) in [5, 5.41) is 11.8. The number of aromatic nitrogens is 2. The van der Waals surface area contributed by atoms with Crippen LogP contribution in [0.25, 0.3) is 0 Å². The van der Waals surface area contributed by atoms with Crippen molar-refractivity contribution < 1.29 is 9.90 Å². The molecule has 1 aromatic carbocycles. The quantitative estimate of drug-likeness (QED) is 0.592. The SMILES string of the molecule is Cc1cccc(NC(=O)C(C)Sc2nc(O)cc(=O)[nH]2)c1. The zero-order valence-corrected chi connectivity index (χ0v) is 12.4. The number of aryl methyl sites for hydroxylation is 1. The van der Waals surface area contributed by atoms with Crippen molar-refractivity contribution in [3.8, 4) is 5.88 Å². The monoisotopic (exact) mass is 305 g/mol. The van der Waals surface area contributed by atoms with E-state index in [9.17, 15) is 14.7 Å². The zero-order chi connectivity index (χ0) is 15.4. The molecule has 0 fully saturated rings. The van der Waals surface area contributed by atoms with Crippen LogP contribution in [0.2, 0.25) is 0 Å². The lowest BCUT2D eigenvalue weighted by atomic mass is 10.2. The Morgan fingerprint density at radius 2 is 2.19 bits per heavy atom. The van der Waals surface area contributed by atoms with Crippen LogP contribution in [0.4, 0.5) is 5.69 Å². The maximum atomic E-state index is 12.1. The number of carbonyl (C=O) groups is 1. The van der Waals surface area contributed by atoms with Crippen molar-refractivity contribution in [3.05, 3.63) is 46.2 Å². The van der Waals surface area contributed by atoms with Crippen molar-refractivity contribution in [1.82, 2.24) is 9.97 Å². The van der Waals surface area contributed by atoms with Crippen LogP contribution in [0, 0.1) is 6.92 Å². The summed E-state index contributed by atoms with van der Waals surface area (Å²) in [6.07, 6.45) is 0. The molecule has 0 saturated heterocycles. The fourth-order valence-electron chi connectivity index (χ4n) is 1.67. The summed E-state index contributed by atoms with van der Waals surface area (Å²) in [5.74, 6) is -0.580. The van der Waals surface area contributed by atoms with Gasteiger partial charge in [0.25, 0.3) is 5.56 Å². The summed E-state index contributed by atoms with van der Waals surface area (Å²) in [5.41, 5.74) is 1.30. The number of H-pyrrole nitrogens is 1. The van der Waals surface area contributed by atoms with Crippen LogP contribution in [0.15, 0.2) is 40.3 Å². The first-order valence-corrected chi connectivity index (χ1v) is 7.16. The average molecular weight is 305 g/mol. The summed E-state index contributed by atoms with van der Waals surface area (Å²) < 4.78 is 0. The maximum Gasteiger partial charge on any atom is 0.255 e. The Hall–Kier alpha value is -2.28. The van der Waals surface area contributed by atoms with Crippen LogP contribution >= 0.6 is 11.8 Å². The van der Waals surface area contributed by atoms with Crippen LogP contribution in [0.1, 0.15) is 12.5 Å². The number of hydrogen-bond acceptors (Lipinski definition) is 5. The number of rotatable bonds is 4. The second-order valence-electron chi connectivity index (χ2n) is 4.53. The Labute approximate surface area is 125 Å². The van der Waals surface area contributed by atoms with Crippen LogP contribution in [-0.4, -0.2) is 26.2 Å². The molecule has 1 amide bonds. The average Bonchev–Trinajstić information content (AvgIpc) is 2.37. The predicted octanol–water partition coefficient (Wildman–Crippen LogP) is 1.90. The normalized spacial score (nSPS) is 11.9. The first-order valence-electron chi connectivity index (χ1n) is 6.28. The Balaban J connectivity index is 2.04. The standard InChI is InChI=1S/C14H15N3O3S/c1-8-4-3-5-10(6-8)15-13(20)9(2)21-14-16-11(18)7-12(19)17-14/h3-7,9H,1-2H3,(H,15,20)(H2,16,17,18,19). The Morgan fingerprint density at radius 3 is 2.86 bits per heavy atom. The molecule has 1 heterocycles. The molecule has 2 rings (SSSR count). The molecule has 21 heavy (non-hydrogen) atoms. The highest BCUT2D eigenvalue weighted by Crippen LogP contribution is 2.21. The van der Waals surface area contributed by atoms with E-state index in [4.69, 9.17) is 0 Å². The van der Waals surface area contributed by atoms with Gasteiger partial charge in [-0.3, -0.25) is 9.59 Å². The second kappa shape index (κ2) is 6.45. The molecule has 0 aliphatic rings. The Bertz CT molecular complexity index is 715. The van der Waals surface area contributed by atoms with Gasteiger partial charge in [-0.15, -0.1) is 0 Å². The van der Waals surface area contributed by atoms with Gasteiger partial charge in [0.15, 0.2) is 5.16 Å². The molecule has 7 heteroatoms. The molecule has 0 aliphatic heterocycles. The molecular weight excluding hydrogens is 290 g/mol. The van der Waals surface area contributed by atoms with Gasteiger partial charge in [-0.1, -0.05) is 23.9 Å². The molecule has 1 unspecified atom stereocenters. The van der Waals surface area contributed by atoms with E-state index in [0.29, 0.717) is 5.69 Å². The highest BCUT2D eigenvalue weighted by molar-refractivity contribution is 8.00. The molecule has 2 aromatic rings. The number of carbonyl (C=O) groups excluding carboxylic acids is 1. The number of amides is 1. The number of thioether (sulfide) groups is 1. The number of nitrogens with zero attached hydrogens (tertiary/aromatic N) is 1. The molecule has 1 atom stereocenters. The minimum absolute atomic E-state index is 0.201. The van der Waals surface area contributed by atoms with Gasteiger partial charge in [-0.25, -0.2) is 0 Å². The molecule has 0 bridgehead atoms. The molecule has 110 valence electrons. The van der Waals surface area contributed by atoms with Gasteiger partial charge in [0, 0.05) is 5.69 Å². The van der Waals surface area contributed by atoms with Crippen molar-refractivity contribution in [3.63, 3.8) is 0 Å². The van der Waals surface area contributed by atoms with Gasteiger partial charge in [0.05, 0.1) is 11.3 Å². The van der Waals surface area contributed by atoms with E-state index in [0.717, 1.165) is 23.4 Å². The lowest BCUT2D eigenvalue weighted by Crippen LogP contribution is -2.23. The van der Waals surface area contributed by atoms with Crippen LogP contribution in [-0.2, 0) is 4.79 Å². The third kappa shape index (κ3) is 4.35. The van der Waals surface area contributed by atoms with Crippen molar-refractivity contribution >= 4 is 23.4 Å². The van der Waals surface area contributed by atoms with Gasteiger partial charge in [-0.05, 0) is 31.5 Å². The van der Waals surface area contributed by atoms with Gasteiger partial charge in [-0.2, -0.15) is 4.98 Å². The summed E-state index contributed by atoms with van der Waals surface area (Å²) in [6.45, 7) is 3.63. The summed E-state index contributed by atoms with van der Waals surface area (Å²) in [6, 6.07) is 8.44. The zero-order valence-electron chi connectivity index (χ0n) is 11.6. The molecule has 1 aromatic heterocycles. The van der Waals surface area contributed by atoms with Crippen LogP contribution < -0.4 is 10.9 Å². The number of nitrogens with one attached hydrogen (secondary N) is 2. The number of aromatic amines is 1. The predicted molar refractivity (Wildman–Crippen MR) is 81.7 cm³/mol. The molecule has 6 nitrogen and oxygen atoms in total. The third-order valence-corrected chi connectivity index (χ3v) is 3.63. The first kappa shape index (κ1) is 15.1. The summed E-state index contributed by atoms with van der Waals surface area (Å²) in [7, 11) is 0. The molecule has 0 saturated carbocycles. The lowest BCUT2D eigenvalue weighted by molar-refractivity contribution is -0.115. The smallest absolute Gasteiger partial charge is 0.255 e. The topological polar surface area (TPSA) is 95.1 Å². The number of benzene rings is 1. The van der Waals surface area contributed by atoms with E-state index in [1.807, 2.05) is 25.1 Å². The van der Waals surface area contributed by atoms with Crippen molar-refractivity contribution in [2.24, 2.45) is 0 Å². The van der Waals surface area contributed by atoms with E-state index in [-0.39, 0.29) is 16.9 Å². The van der Waals surface area contributed by atoms with Crippen LogP contribution in [0.5, 0.6) is 5.88 Å². The first-order chi connectivity index (χ1) is 9.94. The van der Waals surface area contributed by atoms with Gasteiger partial charge < -0.3 is 15.4 Å². The molecule has 0 aliphatic carbocycles. The molecule has 0 radical (unpaired) electrons. The number of hydrogen-bond donors (Lipinski definition) is 3. The van der Waals surface area contributed by atoms with E-state index in [1.54, 1.807) is 13.0 Å². The molecule has 3 N–H and O–H groups in total. The van der Waals surface area contributed by atoms with Crippen LogP contribution in [0.3, 0.4) is 0 Å². The minimum atomic E-state index is -0.476. The van der Waals surface area contributed by atoms with Gasteiger partial charge >= 0.3 is 0 Å². The van der Waals surface area contributed by atoms with E-state index < -0.39 is 10.8 Å². The van der Waals surface area contributed by atoms with Crippen molar-refractivity contribution in [2.75, 3.05) is 5.32 Å². The highest BCUT2D eigenvalue weighted by Gasteiger charge is 2.16. The molecular formula is C14H15N3O3S. The third-order valence-electron chi connectivity index (χ3n) is 2.65. The van der Waals surface area contributed by atoms with Crippen molar-refractivity contribution in [2.45, 2.75) is 24.3 Å². The highest BCUT2D eigenvalue weighted by atomic mass is 32.2. The van der Waals surface area contributed by atoms with Gasteiger partial charge in [0.2, 0.25) is 11.8 Å². The number of anilines is 1. The minimum Gasteiger partial charge on any atom is -0.493 e. The number of aromatic hydroxyl groups is 1. The fraction of sp³-hybridized carbons (Fsp3) is 0.214. The summed E-state index contributed by atoms with van der Waals surface area (Å²) in [4.78, 5) is 29.5. The maximum absolute atomic E-state index is 12.1. The van der Waals surface area contributed by atoms with Crippen molar-refractivity contribution in [1.29, 1.82) is 0 Å². The Kier molecular flexibility index (Phi) is 4.64. The largest absolute Gasteiger partial charge is 0.493 e. The van der Waals surface area contributed by atoms with Gasteiger partial charge in [0.1, 0.15) is 0 Å². The summed E-state index contributed by atoms with van der Waals surface area (Å²) >= 11 is 1.06. The Morgan fingerprint density at radius 1 is 1.43 bits per heavy atom. The van der Waals surface area contributed by atoms with E-state index in [1.165, 1.54) is 0 Å². The molecule has 0 spiro atoms. The lowest BCUT2D eigenvalue weighted by Gasteiger charge is -2.11. The van der Waals surface area contributed by atoms with E-state index in [2.05, 4.69) is 15.3 Å². The van der Waals surface area contributed by atoms with E-state index >= 15 is 0 Å². The fourth-order valence-corrected chi connectivity index (χ4v) is 2.47. The second-order valence-corrected chi connectivity index (χ2v) is 5.86.